The molecular formula is C17H15BrFNO4. The van der Waals surface area contributed by atoms with Crippen molar-refractivity contribution in [3.8, 4) is 5.75 Å². The SMILES string of the molecule is COc1cccc(NC(=O)[C@@H](C)OC(=O)c2ccc(F)cc2Br)c1. The molecule has 0 unspecified atom stereocenters. The van der Waals surface area contributed by atoms with Crippen LogP contribution in [0.1, 0.15) is 17.3 Å². The van der Waals surface area contributed by atoms with Gasteiger partial charge in [-0.3, -0.25) is 4.79 Å². The highest BCUT2D eigenvalue weighted by molar-refractivity contribution is 9.10. The highest BCUT2D eigenvalue weighted by Gasteiger charge is 2.21. The molecule has 0 bridgehead atoms. The molecule has 126 valence electrons. The van der Waals surface area contributed by atoms with E-state index in [0.717, 1.165) is 12.1 Å². The molecule has 0 spiro atoms. The normalized spacial score (nSPS) is 11.5. The van der Waals surface area contributed by atoms with E-state index in [9.17, 15) is 14.0 Å². The van der Waals surface area contributed by atoms with Gasteiger partial charge in [-0.15, -0.1) is 0 Å². The Hall–Kier alpha value is -2.41. The van der Waals surface area contributed by atoms with Gasteiger partial charge in [0.15, 0.2) is 6.10 Å². The Labute approximate surface area is 146 Å². The van der Waals surface area contributed by atoms with E-state index in [1.54, 1.807) is 24.3 Å². The average molecular weight is 396 g/mol. The summed E-state index contributed by atoms with van der Waals surface area (Å²) in [6.45, 7) is 1.45. The number of carbonyl (C=O) groups excluding carboxylic acids is 2. The highest BCUT2D eigenvalue weighted by Crippen LogP contribution is 2.20. The van der Waals surface area contributed by atoms with Crippen LogP contribution in [-0.4, -0.2) is 25.1 Å². The molecule has 2 aromatic carbocycles. The molecule has 0 aliphatic rings. The fraction of sp³-hybridized carbons (Fsp3) is 0.176. The number of esters is 1. The van der Waals surface area contributed by atoms with Gasteiger partial charge in [-0.25, -0.2) is 9.18 Å². The van der Waals surface area contributed by atoms with E-state index in [1.807, 2.05) is 0 Å². The molecule has 0 heterocycles. The largest absolute Gasteiger partial charge is 0.497 e. The molecule has 0 radical (unpaired) electrons. The van der Waals surface area contributed by atoms with Gasteiger partial charge in [0.2, 0.25) is 0 Å². The summed E-state index contributed by atoms with van der Waals surface area (Å²) in [7, 11) is 1.52. The number of halogens is 2. The predicted molar refractivity (Wildman–Crippen MR) is 90.6 cm³/mol. The van der Waals surface area contributed by atoms with Gasteiger partial charge in [-0.05, 0) is 53.2 Å². The Morgan fingerprint density at radius 1 is 1.21 bits per heavy atom. The average Bonchev–Trinajstić information content (AvgIpc) is 2.54. The number of carbonyl (C=O) groups is 2. The van der Waals surface area contributed by atoms with Crippen LogP contribution in [-0.2, 0) is 9.53 Å². The number of ether oxygens (including phenoxy) is 2. The molecule has 2 rings (SSSR count). The van der Waals surface area contributed by atoms with E-state index in [-0.39, 0.29) is 10.0 Å². The summed E-state index contributed by atoms with van der Waals surface area (Å²) in [5, 5.41) is 2.63. The van der Waals surface area contributed by atoms with Gasteiger partial charge in [-0.1, -0.05) is 6.07 Å². The molecular weight excluding hydrogens is 381 g/mol. The number of hydrogen-bond acceptors (Lipinski definition) is 4. The molecule has 7 heteroatoms. The fourth-order valence-electron chi connectivity index (χ4n) is 1.88. The van der Waals surface area contributed by atoms with E-state index in [0.29, 0.717) is 11.4 Å². The van der Waals surface area contributed by atoms with Crippen LogP contribution in [0.2, 0.25) is 0 Å². The first-order chi connectivity index (χ1) is 11.4. The smallest absolute Gasteiger partial charge is 0.340 e. The molecule has 0 fully saturated rings. The zero-order chi connectivity index (χ0) is 17.7. The second-order valence-electron chi connectivity index (χ2n) is 4.89. The highest BCUT2D eigenvalue weighted by atomic mass is 79.9. The number of methoxy groups -OCH3 is 1. The second kappa shape index (κ2) is 7.92. The van der Waals surface area contributed by atoms with Crippen molar-refractivity contribution in [2.75, 3.05) is 12.4 Å². The fourth-order valence-corrected chi connectivity index (χ4v) is 2.39. The third-order valence-electron chi connectivity index (χ3n) is 3.14. The Morgan fingerprint density at radius 3 is 2.62 bits per heavy atom. The number of benzene rings is 2. The van der Waals surface area contributed by atoms with Crippen LogP contribution in [0.15, 0.2) is 46.9 Å². The van der Waals surface area contributed by atoms with Crippen molar-refractivity contribution in [2.24, 2.45) is 0 Å². The maximum atomic E-state index is 13.0. The summed E-state index contributed by atoms with van der Waals surface area (Å²) in [5.74, 6) is -1.11. The van der Waals surface area contributed by atoms with Gasteiger partial charge in [0.05, 0.1) is 12.7 Å². The lowest BCUT2D eigenvalue weighted by Gasteiger charge is -2.14. The Bertz CT molecular complexity index is 766. The molecule has 2 aromatic rings. The lowest BCUT2D eigenvalue weighted by atomic mass is 10.2. The Kier molecular flexibility index (Phi) is 5.92. The van der Waals surface area contributed by atoms with Crippen molar-refractivity contribution in [2.45, 2.75) is 13.0 Å². The molecule has 1 amide bonds. The molecule has 0 aliphatic carbocycles. The minimum Gasteiger partial charge on any atom is -0.497 e. The minimum atomic E-state index is -1.03. The van der Waals surface area contributed by atoms with Crippen LogP contribution in [0.4, 0.5) is 10.1 Å². The lowest BCUT2D eigenvalue weighted by molar-refractivity contribution is -0.123. The van der Waals surface area contributed by atoms with Crippen molar-refractivity contribution in [3.05, 3.63) is 58.3 Å². The summed E-state index contributed by atoms with van der Waals surface area (Å²) in [6.07, 6.45) is -1.03. The van der Waals surface area contributed by atoms with E-state index < -0.39 is 23.8 Å². The molecule has 0 saturated heterocycles. The molecule has 0 saturated carbocycles. The monoisotopic (exact) mass is 395 g/mol. The van der Waals surface area contributed by atoms with Crippen molar-refractivity contribution in [3.63, 3.8) is 0 Å². The second-order valence-corrected chi connectivity index (χ2v) is 5.75. The number of hydrogen-bond donors (Lipinski definition) is 1. The van der Waals surface area contributed by atoms with Gasteiger partial charge in [0.25, 0.3) is 5.91 Å². The van der Waals surface area contributed by atoms with Gasteiger partial charge in [-0.2, -0.15) is 0 Å². The summed E-state index contributed by atoms with van der Waals surface area (Å²) in [6, 6.07) is 10.4. The van der Waals surface area contributed by atoms with Crippen LogP contribution in [0.25, 0.3) is 0 Å². The predicted octanol–water partition coefficient (Wildman–Crippen LogP) is 3.78. The molecule has 0 aromatic heterocycles. The van der Waals surface area contributed by atoms with Crippen molar-refractivity contribution < 1.29 is 23.5 Å². The topological polar surface area (TPSA) is 64.6 Å². The number of rotatable bonds is 5. The molecule has 5 nitrogen and oxygen atoms in total. The van der Waals surface area contributed by atoms with Crippen LogP contribution in [0.3, 0.4) is 0 Å². The Morgan fingerprint density at radius 2 is 1.96 bits per heavy atom. The summed E-state index contributed by atoms with van der Waals surface area (Å²) >= 11 is 3.09. The van der Waals surface area contributed by atoms with Crippen LogP contribution in [0.5, 0.6) is 5.75 Å². The molecule has 1 N–H and O–H groups in total. The standard InChI is InChI=1S/C17H15BrFNO4/c1-10(16(21)20-12-4-3-5-13(9-12)23-2)24-17(22)14-7-6-11(19)8-15(14)18/h3-10H,1-2H3,(H,20,21)/t10-/m1/s1. The first-order valence-corrected chi connectivity index (χ1v) is 7.81. The van der Waals surface area contributed by atoms with E-state index in [1.165, 1.54) is 20.1 Å². The third kappa shape index (κ3) is 4.55. The molecule has 1 atom stereocenters. The van der Waals surface area contributed by atoms with Gasteiger partial charge in [0, 0.05) is 16.2 Å². The maximum absolute atomic E-state index is 13.0. The van der Waals surface area contributed by atoms with E-state index in [2.05, 4.69) is 21.2 Å². The number of anilines is 1. The van der Waals surface area contributed by atoms with Gasteiger partial charge in [0.1, 0.15) is 11.6 Å². The van der Waals surface area contributed by atoms with Crippen molar-refractivity contribution in [1.29, 1.82) is 0 Å². The molecule has 24 heavy (non-hydrogen) atoms. The third-order valence-corrected chi connectivity index (χ3v) is 3.80. The Balaban J connectivity index is 2.01. The quantitative estimate of drug-likeness (QED) is 0.782. The number of amides is 1. The summed E-state index contributed by atoms with van der Waals surface area (Å²) in [5.41, 5.74) is 0.655. The lowest BCUT2D eigenvalue weighted by Crippen LogP contribution is -2.30. The van der Waals surface area contributed by atoms with E-state index in [4.69, 9.17) is 9.47 Å². The zero-order valence-electron chi connectivity index (χ0n) is 13.0. The summed E-state index contributed by atoms with van der Waals surface area (Å²) in [4.78, 5) is 24.2. The van der Waals surface area contributed by atoms with Gasteiger partial charge >= 0.3 is 5.97 Å². The zero-order valence-corrected chi connectivity index (χ0v) is 14.6. The van der Waals surface area contributed by atoms with Crippen LogP contribution in [0, 0.1) is 5.82 Å². The first-order valence-electron chi connectivity index (χ1n) is 7.01. The van der Waals surface area contributed by atoms with Gasteiger partial charge < -0.3 is 14.8 Å². The maximum Gasteiger partial charge on any atom is 0.340 e. The first kappa shape index (κ1) is 17.9. The van der Waals surface area contributed by atoms with Crippen molar-refractivity contribution in [1.82, 2.24) is 0 Å². The molecule has 0 aliphatic heterocycles. The van der Waals surface area contributed by atoms with Crippen molar-refractivity contribution >= 4 is 33.5 Å². The summed E-state index contributed by atoms with van der Waals surface area (Å²) < 4.78 is 23.5. The van der Waals surface area contributed by atoms with E-state index >= 15 is 0 Å². The number of nitrogens with one attached hydrogen (secondary N) is 1. The minimum absolute atomic E-state index is 0.137. The van der Waals surface area contributed by atoms with Crippen LogP contribution < -0.4 is 10.1 Å². The van der Waals surface area contributed by atoms with Crippen LogP contribution >= 0.6 is 15.9 Å².